The molecule has 7 heteroatoms. The molecule has 0 bridgehead atoms. The summed E-state index contributed by atoms with van der Waals surface area (Å²) in [5.41, 5.74) is 4.08. The monoisotopic (exact) mass is 459 g/mol. The van der Waals surface area contributed by atoms with E-state index in [-0.39, 0.29) is 11.7 Å². The van der Waals surface area contributed by atoms with Gasteiger partial charge in [-0.2, -0.15) is 5.10 Å². The van der Waals surface area contributed by atoms with E-state index in [2.05, 4.69) is 5.32 Å². The number of ether oxygens (including phenoxy) is 2. The maximum Gasteiger partial charge on any atom is 0.220 e. The van der Waals surface area contributed by atoms with E-state index in [0.717, 1.165) is 28.1 Å². The predicted octanol–water partition coefficient (Wildman–Crippen LogP) is 4.94. The summed E-state index contributed by atoms with van der Waals surface area (Å²) >= 11 is 0. The van der Waals surface area contributed by atoms with E-state index >= 15 is 0 Å². The van der Waals surface area contributed by atoms with E-state index in [1.807, 2.05) is 54.7 Å². The molecule has 34 heavy (non-hydrogen) atoms. The van der Waals surface area contributed by atoms with Crippen LogP contribution in [0.1, 0.15) is 17.5 Å². The Hall–Kier alpha value is -4.13. The third-order valence-electron chi connectivity index (χ3n) is 5.48. The molecule has 0 spiro atoms. The maximum absolute atomic E-state index is 13.8. The smallest absolute Gasteiger partial charge is 0.220 e. The summed E-state index contributed by atoms with van der Waals surface area (Å²) in [5.74, 6) is 1.08. The van der Waals surface area contributed by atoms with Crippen LogP contribution in [-0.4, -0.2) is 29.9 Å². The Morgan fingerprint density at radius 1 is 0.971 bits per heavy atom. The number of carbonyl (C=O) groups excluding carboxylic acids is 1. The van der Waals surface area contributed by atoms with Crippen molar-refractivity contribution in [2.45, 2.75) is 19.4 Å². The van der Waals surface area contributed by atoms with Crippen LogP contribution in [0.3, 0.4) is 0 Å². The summed E-state index contributed by atoms with van der Waals surface area (Å²) in [6, 6.07) is 21.4. The van der Waals surface area contributed by atoms with E-state index in [1.165, 1.54) is 12.1 Å². The first-order valence-corrected chi connectivity index (χ1v) is 10.9. The first kappa shape index (κ1) is 23.0. The molecule has 0 atom stereocenters. The SMILES string of the molecule is COc1ccc(CNC(=O)CCc2cn(-c3cccc(F)c3)nc2-c2cccc(OC)c2)cc1. The van der Waals surface area contributed by atoms with Gasteiger partial charge in [0.2, 0.25) is 5.91 Å². The zero-order chi connectivity index (χ0) is 23.9. The van der Waals surface area contributed by atoms with Crippen LogP contribution in [0.15, 0.2) is 79.0 Å². The first-order valence-electron chi connectivity index (χ1n) is 10.9. The lowest BCUT2D eigenvalue weighted by molar-refractivity contribution is -0.121. The second-order valence-electron chi connectivity index (χ2n) is 7.78. The number of benzene rings is 3. The highest BCUT2D eigenvalue weighted by Crippen LogP contribution is 2.28. The topological polar surface area (TPSA) is 65.4 Å². The van der Waals surface area contributed by atoms with Crippen molar-refractivity contribution in [2.24, 2.45) is 0 Å². The van der Waals surface area contributed by atoms with Crippen molar-refractivity contribution in [3.05, 3.63) is 95.9 Å². The molecule has 0 unspecified atom stereocenters. The summed E-state index contributed by atoms with van der Waals surface area (Å²) in [7, 11) is 3.23. The largest absolute Gasteiger partial charge is 0.497 e. The third kappa shape index (κ3) is 5.61. The van der Waals surface area contributed by atoms with Gasteiger partial charge in [0.15, 0.2) is 0 Å². The van der Waals surface area contributed by atoms with Crippen molar-refractivity contribution in [3.8, 4) is 28.4 Å². The molecule has 0 aliphatic carbocycles. The molecule has 0 aliphatic rings. The summed E-state index contributed by atoms with van der Waals surface area (Å²) in [6.45, 7) is 0.439. The molecule has 0 saturated heterocycles. The molecule has 1 heterocycles. The minimum atomic E-state index is -0.338. The Morgan fingerprint density at radius 3 is 2.47 bits per heavy atom. The number of aromatic nitrogens is 2. The summed E-state index contributed by atoms with van der Waals surface area (Å²) < 4.78 is 25.9. The molecular weight excluding hydrogens is 433 g/mol. The molecule has 6 nitrogen and oxygen atoms in total. The number of amides is 1. The Labute approximate surface area is 198 Å². The zero-order valence-corrected chi connectivity index (χ0v) is 19.1. The van der Waals surface area contributed by atoms with E-state index in [1.54, 1.807) is 31.0 Å². The van der Waals surface area contributed by atoms with Crippen LogP contribution in [0.4, 0.5) is 4.39 Å². The lowest BCUT2D eigenvalue weighted by Gasteiger charge is -2.07. The number of aryl methyl sites for hydroxylation is 1. The molecule has 1 amide bonds. The number of halogens is 1. The molecule has 4 rings (SSSR count). The van der Waals surface area contributed by atoms with E-state index in [9.17, 15) is 9.18 Å². The van der Waals surface area contributed by atoms with Crippen molar-refractivity contribution < 1.29 is 18.7 Å². The number of methoxy groups -OCH3 is 2. The van der Waals surface area contributed by atoms with Gasteiger partial charge in [0, 0.05) is 24.7 Å². The molecule has 1 aromatic heterocycles. The number of rotatable bonds is 9. The average Bonchev–Trinajstić information content (AvgIpc) is 3.31. The quantitative estimate of drug-likeness (QED) is 0.385. The molecule has 0 aliphatic heterocycles. The van der Waals surface area contributed by atoms with Crippen molar-refractivity contribution in [1.82, 2.24) is 15.1 Å². The zero-order valence-electron chi connectivity index (χ0n) is 19.1. The van der Waals surface area contributed by atoms with Gasteiger partial charge in [0.1, 0.15) is 17.3 Å². The van der Waals surface area contributed by atoms with Gasteiger partial charge in [-0.15, -0.1) is 0 Å². The molecule has 0 saturated carbocycles. The van der Waals surface area contributed by atoms with Gasteiger partial charge in [-0.1, -0.05) is 30.3 Å². The van der Waals surface area contributed by atoms with Crippen molar-refractivity contribution in [3.63, 3.8) is 0 Å². The number of nitrogens with zero attached hydrogens (tertiary/aromatic N) is 2. The Balaban J connectivity index is 1.51. The van der Waals surface area contributed by atoms with Crippen LogP contribution < -0.4 is 14.8 Å². The van der Waals surface area contributed by atoms with Crippen LogP contribution in [0.5, 0.6) is 11.5 Å². The van der Waals surface area contributed by atoms with E-state index < -0.39 is 0 Å². The molecule has 0 radical (unpaired) electrons. The Morgan fingerprint density at radius 2 is 1.74 bits per heavy atom. The fraction of sp³-hybridized carbons (Fsp3) is 0.185. The molecule has 4 aromatic rings. The van der Waals surface area contributed by atoms with Gasteiger partial charge < -0.3 is 14.8 Å². The second-order valence-corrected chi connectivity index (χ2v) is 7.78. The molecule has 0 fully saturated rings. The Bertz CT molecular complexity index is 1270. The molecule has 1 N–H and O–H groups in total. The van der Waals surface area contributed by atoms with E-state index in [4.69, 9.17) is 14.6 Å². The minimum absolute atomic E-state index is 0.0640. The maximum atomic E-state index is 13.8. The Kier molecular flexibility index (Phi) is 7.22. The highest BCUT2D eigenvalue weighted by atomic mass is 19.1. The van der Waals surface area contributed by atoms with Crippen LogP contribution in [0.2, 0.25) is 0 Å². The molecular formula is C27H26FN3O3. The highest BCUT2D eigenvalue weighted by Gasteiger charge is 2.15. The number of carbonyl (C=O) groups is 1. The fourth-order valence-electron chi connectivity index (χ4n) is 3.64. The van der Waals surface area contributed by atoms with E-state index in [0.29, 0.717) is 30.8 Å². The third-order valence-corrected chi connectivity index (χ3v) is 5.48. The van der Waals surface area contributed by atoms with Crippen molar-refractivity contribution in [2.75, 3.05) is 14.2 Å². The van der Waals surface area contributed by atoms with Crippen molar-refractivity contribution >= 4 is 5.91 Å². The highest BCUT2D eigenvalue weighted by molar-refractivity contribution is 5.76. The lowest BCUT2D eigenvalue weighted by atomic mass is 10.0. The van der Waals surface area contributed by atoms with Gasteiger partial charge >= 0.3 is 0 Å². The van der Waals surface area contributed by atoms with Gasteiger partial charge in [0.25, 0.3) is 0 Å². The number of hydrogen-bond acceptors (Lipinski definition) is 4. The number of hydrogen-bond donors (Lipinski definition) is 1. The normalized spacial score (nSPS) is 10.7. The minimum Gasteiger partial charge on any atom is -0.497 e. The fourth-order valence-corrected chi connectivity index (χ4v) is 3.64. The van der Waals surface area contributed by atoms with Crippen LogP contribution >= 0.6 is 0 Å². The summed E-state index contributed by atoms with van der Waals surface area (Å²) in [6.07, 6.45) is 2.62. The van der Waals surface area contributed by atoms with Gasteiger partial charge in [-0.3, -0.25) is 4.79 Å². The molecule has 3 aromatic carbocycles. The second kappa shape index (κ2) is 10.7. The standard InChI is InChI=1S/C27H26FN3O3/c1-33-24-12-9-19(10-13-24)17-29-26(32)14-11-21-18-31(23-7-4-6-22(28)16-23)30-27(21)20-5-3-8-25(15-20)34-2/h3-10,12-13,15-16,18H,11,14,17H2,1-2H3,(H,29,32). The molecule has 174 valence electrons. The summed E-state index contributed by atoms with van der Waals surface area (Å²) in [4.78, 5) is 12.5. The predicted molar refractivity (Wildman–Crippen MR) is 129 cm³/mol. The van der Waals surface area contributed by atoms with Crippen LogP contribution in [-0.2, 0) is 17.8 Å². The number of nitrogens with one attached hydrogen (secondary N) is 1. The van der Waals surface area contributed by atoms with Crippen LogP contribution in [0.25, 0.3) is 16.9 Å². The summed E-state index contributed by atoms with van der Waals surface area (Å²) in [5, 5.41) is 7.66. The first-order chi connectivity index (χ1) is 16.6. The lowest BCUT2D eigenvalue weighted by Crippen LogP contribution is -2.23. The van der Waals surface area contributed by atoms with Gasteiger partial charge in [-0.05, 0) is 60.0 Å². The van der Waals surface area contributed by atoms with Crippen LogP contribution in [0, 0.1) is 5.82 Å². The average molecular weight is 460 g/mol. The van der Waals surface area contributed by atoms with Gasteiger partial charge in [0.05, 0.1) is 25.6 Å². The van der Waals surface area contributed by atoms with Crippen molar-refractivity contribution in [1.29, 1.82) is 0 Å². The van der Waals surface area contributed by atoms with Gasteiger partial charge in [-0.25, -0.2) is 9.07 Å².